The summed E-state index contributed by atoms with van der Waals surface area (Å²) < 4.78 is 2.77. The molecule has 7 heteroatoms. The van der Waals surface area contributed by atoms with Crippen LogP contribution in [-0.2, 0) is 6.54 Å². The van der Waals surface area contributed by atoms with Gasteiger partial charge in [-0.3, -0.25) is 14.3 Å². The lowest BCUT2D eigenvalue weighted by Gasteiger charge is -2.19. The molecule has 0 spiro atoms. The maximum absolute atomic E-state index is 13.3. The molecule has 3 rings (SSSR count). The Labute approximate surface area is 184 Å². The van der Waals surface area contributed by atoms with E-state index in [4.69, 9.17) is 0 Å². The Balaban J connectivity index is 1.96. The summed E-state index contributed by atoms with van der Waals surface area (Å²) in [5.41, 5.74) is 3.58. The fourth-order valence-corrected chi connectivity index (χ4v) is 4.16. The largest absolute Gasteiger partial charge is 0.337 e. The van der Waals surface area contributed by atoms with Crippen LogP contribution in [0, 0.1) is 13.8 Å². The number of allylic oxidation sites excluding steroid dienone is 1. The topological polar surface area (TPSA) is 71.0 Å². The molecular formula is C23H27BrN4O2. The molecule has 0 radical (unpaired) electrons. The third-order valence-electron chi connectivity index (χ3n) is 5.35. The van der Waals surface area contributed by atoms with Crippen LogP contribution in [0.25, 0.3) is 10.9 Å². The second kappa shape index (κ2) is 9.00. The van der Waals surface area contributed by atoms with Crippen molar-refractivity contribution in [2.45, 2.75) is 46.2 Å². The van der Waals surface area contributed by atoms with E-state index in [0.717, 1.165) is 39.5 Å². The van der Waals surface area contributed by atoms with E-state index in [1.807, 2.05) is 42.8 Å². The van der Waals surface area contributed by atoms with E-state index < -0.39 is 0 Å². The van der Waals surface area contributed by atoms with Gasteiger partial charge in [-0.25, -0.2) is 0 Å². The summed E-state index contributed by atoms with van der Waals surface area (Å²) in [4.78, 5) is 30.1. The van der Waals surface area contributed by atoms with Crippen molar-refractivity contribution in [3.63, 3.8) is 0 Å². The number of benzene rings is 1. The van der Waals surface area contributed by atoms with E-state index in [1.165, 1.54) is 0 Å². The molecule has 30 heavy (non-hydrogen) atoms. The van der Waals surface area contributed by atoms with Crippen LogP contribution in [0.4, 0.5) is 0 Å². The third kappa shape index (κ3) is 4.41. The number of aromatic amines is 1. The number of nitrogens with one attached hydrogen (secondary N) is 1. The molecule has 1 amide bonds. The summed E-state index contributed by atoms with van der Waals surface area (Å²) in [6, 6.07) is 5.90. The number of nitrogens with zero attached hydrogens (tertiary/aromatic N) is 3. The second-order valence-corrected chi connectivity index (χ2v) is 8.71. The molecule has 0 aliphatic carbocycles. The molecule has 2 heterocycles. The fraction of sp³-hybridized carbons (Fsp3) is 0.348. The number of hydrogen-bond donors (Lipinski definition) is 1. The summed E-state index contributed by atoms with van der Waals surface area (Å²) >= 11 is 3.54. The van der Waals surface area contributed by atoms with Crippen molar-refractivity contribution >= 4 is 32.7 Å². The predicted octanol–water partition coefficient (Wildman–Crippen LogP) is 4.90. The zero-order chi connectivity index (χ0) is 22.0. The van der Waals surface area contributed by atoms with E-state index in [9.17, 15) is 9.59 Å². The second-order valence-electron chi connectivity index (χ2n) is 7.79. The molecule has 0 fully saturated rings. The minimum Gasteiger partial charge on any atom is -0.337 e. The molecule has 0 aliphatic heterocycles. The van der Waals surface area contributed by atoms with E-state index in [2.05, 4.69) is 39.5 Å². The highest BCUT2D eigenvalue weighted by Crippen LogP contribution is 2.28. The lowest BCUT2D eigenvalue weighted by atomic mass is 10.1. The van der Waals surface area contributed by atoms with Gasteiger partial charge < -0.3 is 9.88 Å². The highest BCUT2D eigenvalue weighted by atomic mass is 79.9. The minimum atomic E-state index is -0.157. The molecule has 1 atom stereocenters. The predicted molar refractivity (Wildman–Crippen MR) is 124 cm³/mol. The quantitative estimate of drug-likeness (QED) is 0.498. The number of carbonyl (C=O) groups is 1. The van der Waals surface area contributed by atoms with Gasteiger partial charge in [0.2, 0.25) is 0 Å². The molecular weight excluding hydrogens is 444 g/mol. The van der Waals surface area contributed by atoms with Crippen molar-refractivity contribution in [2.24, 2.45) is 0 Å². The number of rotatable bonds is 7. The third-order valence-corrected chi connectivity index (χ3v) is 5.81. The highest BCUT2D eigenvalue weighted by molar-refractivity contribution is 9.10. The first-order valence-electron chi connectivity index (χ1n) is 9.95. The van der Waals surface area contributed by atoms with Crippen LogP contribution in [0.5, 0.6) is 0 Å². The summed E-state index contributed by atoms with van der Waals surface area (Å²) in [7, 11) is 1.71. The van der Waals surface area contributed by atoms with Gasteiger partial charge >= 0.3 is 0 Å². The first-order valence-corrected chi connectivity index (χ1v) is 10.7. The van der Waals surface area contributed by atoms with Crippen molar-refractivity contribution in [1.82, 2.24) is 19.7 Å². The van der Waals surface area contributed by atoms with Crippen LogP contribution in [0.15, 0.2) is 46.3 Å². The van der Waals surface area contributed by atoms with Crippen molar-refractivity contribution in [3.8, 4) is 0 Å². The molecule has 1 N–H and O–H groups in total. The Kier molecular flexibility index (Phi) is 6.61. The van der Waals surface area contributed by atoms with Crippen LogP contribution in [-0.4, -0.2) is 32.6 Å². The van der Waals surface area contributed by atoms with Crippen molar-refractivity contribution in [1.29, 1.82) is 0 Å². The first kappa shape index (κ1) is 22.0. The van der Waals surface area contributed by atoms with Crippen molar-refractivity contribution in [3.05, 3.63) is 74.3 Å². The van der Waals surface area contributed by atoms with Gasteiger partial charge in [0.05, 0.1) is 29.9 Å². The number of fused-ring (bicyclic) bond motifs is 1. The van der Waals surface area contributed by atoms with E-state index in [1.54, 1.807) is 18.1 Å². The Bertz CT molecular complexity index is 1160. The zero-order valence-corrected chi connectivity index (χ0v) is 19.4. The highest BCUT2D eigenvalue weighted by Gasteiger charge is 2.21. The average molecular weight is 471 g/mol. The SMILES string of the molecule is C=CCCC(C)n1ncc2c(C(=O)N(C)Cc3c(C)cc(C)[nH]c3=O)cc(Br)cc21. The minimum absolute atomic E-state index is 0.154. The zero-order valence-electron chi connectivity index (χ0n) is 17.8. The summed E-state index contributed by atoms with van der Waals surface area (Å²) in [5, 5.41) is 5.35. The number of carbonyl (C=O) groups excluding carboxylic acids is 1. The molecule has 1 unspecified atom stereocenters. The fourth-order valence-electron chi connectivity index (χ4n) is 3.71. The molecule has 0 saturated carbocycles. The average Bonchev–Trinajstić information content (AvgIpc) is 3.11. The first-order chi connectivity index (χ1) is 14.2. The molecule has 0 saturated heterocycles. The Morgan fingerprint density at radius 3 is 2.77 bits per heavy atom. The van der Waals surface area contributed by atoms with Gasteiger partial charge in [-0.2, -0.15) is 5.10 Å². The van der Waals surface area contributed by atoms with Crippen LogP contribution in [0.3, 0.4) is 0 Å². The standard InChI is InChI=1S/C23H27BrN4O2/c1-6-7-8-16(4)28-21-11-17(24)10-18(19(21)12-25-28)23(30)27(5)13-20-14(2)9-15(3)26-22(20)29/h6,9-12,16H,1,7-8,13H2,2-5H3,(H,26,29). The molecule has 0 bridgehead atoms. The maximum atomic E-state index is 13.3. The van der Waals surface area contributed by atoms with Gasteiger partial charge in [-0.05, 0) is 57.4 Å². The number of aryl methyl sites for hydroxylation is 2. The summed E-state index contributed by atoms with van der Waals surface area (Å²) in [5.74, 6) is -0.154. The molecule has 0 aliphatic rings. The Morgan fingerprint density at radius 2 is 2.10 bits per heavy atom. The lowest BCUT2D eigenvalue weighted by Crippen LogP contribution is -2.30. The van der Waals surface area contributed by atoms with Gasteiger partial charge in [0.25, 0.3) is 11.5 Å². The Morgan fingerprint density at radius 1 is 1.37 bits per heavy atom. The van der Waals surface area contributed by atoms with Gasteiger partial charge in [-0.15, -0.1) is 6.58 Å². The smallest absolute Gasteiger partial charge is 0.254 e. The Hall–Kier alpha value is -2.67. The van der Waals surface area contributed by atoms with Gasteiger partial charge in [-0.1, -0.05) is 22.0 Å². The molecule has 3 aromatic rings. The van der Waals surface area contributed by atoms with Gasteiger partial charge in [0.1, 0.15) is 0 Å². The van der Waals surface area contributed by atoms with Gasteiger partial charge in [0, 0.05) is 28.2 Å². The maximum Gasteiger partial charge on any atom is 0.254 e. The van der Waals surface area contributed by atoms with Crippen molar-refractivity contribution in [2.75, 3.05) is 7.05 Å². The molecule has 1 aromatic carbocycles. The lowest BCUT2D eigenvalue weighted by molar-refractivity contribution is 0.0786. The normalized spacial score (nSPS) is 12.2. The summed E-state index contributed by atoms with van der Waals surface area (Å²) in [6.45, 7) is 9.87. The number of H-pyrrole nitrogens is 1. The molecule has 2 aromatic heterocycles. The number of halogens is 1. The number of amides is 1. The summed E-state index contributed by atoms with van der Waals surface area (Å²) in [6.07, 6.45) is 5.47. The number of aromatic nitrogens is 3. The van der Waals surface area contributed by atoms with E-state index >= 15 is 0 Å². The monoisotopic (exact) mass is 470 g/mol. The van der Waals surface area contributed by atoms with E-state index in [0.29, 0.717) is 11.1 Å². The molecule has 6 nitrogen and oxygen atoms in total. The van der Waals surface area contributed by atoms with Gasteiger partial charge in [0.15, 0.2) is 0 Å². The van der Waals surface area contributed by atoms with E-state index in [-0.39, 0.29) is 24.1 Å². The molecule has 158 valence electrons. The number of pyridine rings is 1. The van der Waals surface area contributed by atoms with Crippen LogP contribution < -0.4 is 5.56 Å². The van der Waals surface area contributed by atoms with Crippen molar-refractivity contribution < 1.29 is 4.79 Å². The van der Waals surface area contributed by atoms with Crippen LogP contribution >= 0.6 is 15.9 Å². The van der Waals surface area contributed by atoms with Crippen LogP contribution in [0.2, 0.25) is 0 Å². The van der Waals surface area contributed by atoms with Crippen LogP contribution in [0.1, 0.15) is 53.0 Å². The number of hydrogen-bond acceptors (Lipinski definition) is 3.